The largest absolute Gasteiger partial charge is 0.406 e. The van der Waals surface area contributed by atoms with Gasteiger partial charge in [0.2, 0.25) is 0 Å². The molecule has 1 heterocycles. The van der Waals surface area contributed by atoms with Crippen molar-refractivity contribution in [3.05, 3.63) is 107 Å². The summed E-state index contributed by atoms with van der Waals surface area (Å²) < 4.78 is 39.1. The van der Waals surface area contributed by atoms with Crippen LogP contribution in [0.5, 0.6) is 0 Å². The van der Waals surface area contributed by atoms with E-state index < -0.39 is 39.0 Å². The summed E-state index contributed by atoms with van der Waals surface area (Å²) in [5, 5.41) is 0.673. The van der Waals surface area contributed by atoms with Crippen LogP contribution in [0.2, 0.25) is 23.2 Å². The Kier molecular flexibility index (Phi) is 11.8. The zero-order chi connectivity index (χ0) is 30.2. The van der Waals surface area contributed by atoms with Gasteiger partial charge in [-0.05, 0) is 47.0 Å². The molecule has 0 N–H and O–H groups in total. The minimum absolute atomic E-state index is 0.0196. The first-order chi connectivity index (χ1) is 20.1. The van der Waals surface area contributed by atoms with Gasteiger partial charge in [-0.2, -0.15) is 0 Å². The van der Waals surface area contributed by atoms with Crippen LogP contribution in [-0.4, -0.2) is 52.7 Å². The molecule has 6 nitrogen and oxygen atoms in total. The molecule has 1 fully saturated rings. The lowest BCUT2D eigenvalue weighted by atomic mass is 9.98. The predicted octanol–water partition coefficient (Wildman–Crippen LogP) is 7.79. The van der Waals surface area contributed by atoms with Crippen molar-refractivity contribution in [3.8, 4) is 0 Å². The van der Waals surface area contributed by atoms with E-state index in [1.165, 1.54) is 0 Å². The van der Waals surface area contributed by atoms with E-state index in [4.69, 9.17) is 39.7 Å². The first-order valence-electron chi connectivity index (χ1n) is 14.6. The zero-order valence-electron chi connectivity index (χ0n) is 25.6. The zero-order valence-corrected chi connectivity index (χ0v) is 27.4. The summed E-state index contributed by atoms with van der Waals surface area (Å²) >= 11 is 6.07. The fourth-order valence-electron chi connectivity index (χ4n) is 4.64. The first-order valence-corrected chi connectivity index (χ1v) is 17.9. The molecule has 0 bridgehead atoms. The van der Waals surface area contributed by atoms with Crippen molar-refractivity contribution >= 4 is 19.9 Å². The van der Waals surface area contributed by atoms with E-state index in [-0.39, 0.29) is 5.04 Å². The van der Waals surface area contributed by atoms with E-state index in [9.17, 15) is 0 Å². The summed E-state index contributed by atoms with van der Waals surface area (Å²) in [6.07, 6.45) is -2.54. The van der Waals surface area contributed by atoms with Crippen molar-refractivity contribution in [1.29, 1.82) is 0 Å². The summed E-state index contributed by atoms with van der Waals surface area (Å²) in [6, 6.07) is 27.9. The third kappa shape index (κ3) is 8.97. The molecule has 1 aliphatic heterocycles. The van der Waals surface area contributed by atoms with Crippen molar-refractivity contribution in [1.82, 2.24) is 0 Å². The Morgan fingerprint density at radius 1 is 0.714 bits per heavy atom. The topological polar surface area (TPSA) is 55.4 Å². The maximum Gasteiger partial charge on any atom is 0.192 e. The standard InChI is InChI=1S/C34H45ClO6Si/c1-34(2,3)42(5,6)41-32-31(39-23-26-15-11-8-12-16-26)30(38-22-25-13-9-7-10-14-25)29(40-33(32)36-4)24-37-21-27-17-19-28(35)20-18-27/h7-20,29-33H,21-24H2,1-6H3/t29-,30-,31+,32-,33?/m1/s1. The molecule has 1 saturated heterocycles. The Balaban J connectivity index is 1.62. The summed E-state index contributed by atoms with van der Waals surface area (Å²) in [5.41, 5.74) is 3.16. The molecule has 8 heteroatoms. The van der Waals surface area contributed by atoms with E-state index in [0.29, 0.717) is 31.5 Å². The molecule has 0 amide bonds. The number of benzene rings is 3. The van der Waals surface area contributed by atoms with Crippen molar-refractivity contribution in [3.63, 3.8) is 0 Å². The van der Waals surface area contributed by atoms with Crippen LogP contribution in [0.1, 0.15) is 37.5 Å². The summed E-state index contributed by atoms with van der Waals surface area (Å²) in [4.78, 5) is 0. The SMILES string of the molecule is COC1O[C@H](COCc2ccc(Cl)cc2)[C@@H](OCc2ccccc2)[C@H](OCc2ccccc2)[C@H]1O[Si](C)(C)C(C)(C)C. The second-order valence-corrected chi connectivity index (χ2v) is 17.5. The molecule has 1 aliphatic rings. The van der Waals surface area contributed by atoms with Crippen LogP contribution in [0, 0.1) is 0 Å². The van der Waals surface area contributed by atoms with Gasteiger partial charge in [0.05, 0.1) is 26.4 Å². The third-order valence-electron chi connectivity index (χ3n) is 8.10. The molecule has 0 saturated carbocycles. The molecule has 228 valence electrons. The molecule has 4 rings (SSSR count). The highest BCUT2D eigenvalue weighted by Crippen LogP contribution is 2.40. The van der Waals surface area contributed by atoms with Crippen LogP contribution in [0.15, 0.2) is 84.9 Å². The van der Waals surface area contributed by atoms with Crippen LogP contribution in [0.25, 0.3) is 0 Å². The predicted molar refractivity (Wildman–Crippen MR) is 169 cm³/mol. The highest BCUT2D eigenvalue weighted by atomic mass is 35.5. The van der Waals surface area contributed by atoms with Gasteiger partial charge in [0.15, 0.2) is 14.6 Å². The summed E-state index contributed by atoms with van der Waals surface area (Å²) in [6.45, 7) is 12.6. The first kappa shape index (κ1) is 32.8. The second kappa shape index (κ2) is 15.1. The summed E-state index contributed by atoms with van der Waals surface area (Å²) in [5.74, 6) is 0. The van der Waals surface area contributed by atoms with Crippen LogP contribution >= 0.6 is 11.6 Å². The average Bonchev–Trinajstić information content (AvgIpc) is 2.97. The monoisotopic (exact) mass is 612 g/mol. The van der Waals surface area contributed by atoms with Crippen LogP contribution in [0.3, 0.4) is 0 Å². The Morgan fingerprint density at radius 2 is 1.24 bits per heavy atom. The number of halogens is 1. The van der Waals surface area contributed by atoms with E-state index in [2.05, 4.69) is 58.1 Å². The molecule has 0 spiro atoms. The van der Waals surface area contributed by atoms with Gasteiger partial charge in [0.25, 0.3) is 0 Å². The van der Waals surface area contributed by atoms with Crippen molar-refractivity contribution in [2.45, 2.75) is 89.4 Å². The fourth-order valence-corrected chi connectivity index (χ4v) is 6.05. The number of hydrogen-bond acceptors (Lipinski definition) is 6. The minimum atomic E-state index is -2.25. The highest BCUT2D eigenvalue weighted by Gasteiger charge is 2.52. The Morgan fingerprint density at radius 3 is 1.76 bits per heavy atom. The average molecular weight is 613 g/mol. The second-order valence-electron chi connectivity index (χ2n) is 12.3. The van der Waals surface area contributed by atoms with Gasteiger partial charge >= 0.3 is 0 Å². The number of ether oxygens (including phenoxy) is 5. The molecule has 0 radical (unpaired) electrons. The highest BCUT2D eigenvalue weighted by molar-refractivity contribution is 6.74. The molecule has 0 aliphatic carbocycles. The van der Waals surface area contributed by atoms with Gasteiger partial charge < -0.3 is 28.1 Å². The van der Waals surface area contributed by atoms with Crippen molar-refractivity contribution < 1.29 is 28.1 Å². The molecule has 3 aromatic carbocycles. The van der Waals surface area contributed by atoms with Gasteiger partial charge in [-0.1, -0.05) is 105 Å². The van der Waals surface area contributed by atoms with Gasteiger partial charge in [0, 0.05) is 12.1 Å². The Hall–Kier alpha value is -2.07. The van der Waals surface area contributed by atoms with E-state index >= 15 is 0 Å². The number of methoxy groups -OCH3 is 1. The molecule has 5 atom stereocenters. The van der Waals surface area contributed by atoms with Gasteiger partial charge in [-0.25, -0.2) is 0 Å². The van der Waals surface area contributed by atoms with Crippen molar-refractivity contribution in [2.75, 3.05) is 13.7 Å². The fraction of sp³-hybridized carbons (Fsp3) is 0.471. The maximum atomic E-state index is 6.99. The normalized spacial score (nSPS) is 23.2. The van der Waals surface area contributed by atoms with E-state index in [1.807, 2.05) is 60.7 Å². The van der Waals surface area contributed by atoms with Crippen molar-refractivity contribution in [2.24, 2.45) is 0 Å². The molecule has 3 aromatic rings. The third-order valence-corrected chi connectivity index (χ3v) is 12.8. The van der Waals surface area contributed by atoms with Gasteiger partial charge in [0.1, 0.15) is 24.4 Å². The smallest absolute Gasteiger partial charge is 0.192 e. The summed E-state index contributed by atoms with van der Waals surface area (Å²) in [7, 11) is -0.600. The molecular formula is C34H45ClO6Si. The molecular weight excluding hydrogens is 568 g/mol. The lowest BCUT2D eigenvalue weighted by molar-refractivity contribution is -0.310. The van der Waals surface area contributed by atoms with Crippen LogP contribution < -0.4 is 0 Å². The van der Waals surface area contributed by atoms with Crippen LogP contribution in [0.4, 0.5) is 0 Å². The quantitative estimate of drug-likeness (QED) is 0.184. The van der Waals surface area contributed by atoms with Gasteiger partial charge in [-0.3, -0.25) is 0 Å². The molecule has 1 unspecified atom stereocenters. The van der Waals surface area contributed by atoms with E-state index in [0.717, 1.165) is 16.7 Å². The molecule has 42 heavy (non-hydrogen) atoms. The Labute approximate surface area is 257 Å². The van der Waals surface area contributed by atoms with Crippen LogP contribution in [-0.2, 0) is 47.9 Å². The molecule has 0 aromatic heterocycles. The van der Waals surface area contributed by atoms with E-state index in [1.54, 1.807) is 7.11 Å². The van der Waals surface area contributed by atoms with Gasteiger partial charge in [-0.15, -0.1) is 0 Å². The Bertz CT molecular complexity index is 1200. The maximum absolute atomic E-state index is 6.99. The number of hydrogen-bond donors (Lipinski definition) is 0. The minimum Gasteiger partial charge on any atom is -0.406 e. The lowest BCUT2D eigenvalue weighted by Gasteiger charge is -2.49. The number of rotatable bonds is 13. The lowest BCUT2D eigenvalue weighted by Crippen LogP contribution is -2.64.